The molecule has 0 bridgehead atoms. The van der Waals surface area contributed by atoms with E-state index in [4.69, 9.17) is 0 Å². The second-order valence-corrected chi connectivity index (χ2v) is 9.90. The molecule has 1 aromatic heterocycles. The van der Waals surface area contributed by atoms with Gasteiger partial charge < -0.3 is 14.7 Å². The molecule has 2 unspecified atom stereocenters. The lowest BCUT2D eigenvalue weighted by Gasteiger charge is -2.41. The Hall–Kier alpha value is -2.11. The fourth-order valence-corrected chi connectivity index (χ4v) is 5.62. The molecule has 2 saturated carbocycles. The van der Waals surface area contributed by atoms with Crippen molar-refractivity contribution in [2.75, 3.05) is 37.6 Å². The van der Waals surface area contributed by atoms with Gasteiger partial charge in [-0.3, -0.25) is 14.6 Å². The van der Waals surface area contributed by atoms with Crippen LogP contribution in [0.1, 0.15) is 45.4 Å². The SMILES string of the molecule is CC1CN(C(=O)C2CCN(c3ccncc3)C2)CCN1C(=O)CC(C1CC1)C1CC1. The van der Waals surface area contributed by atoms with Crippen molar-refractivity contribution in [2.24, 2.45) is 23.7 Å². The highest BCUT2D eigenvalue weighted by Crippen LogP contribution is 2.50. The van der Waals surface area contributed by atoms with Crippen LogP contribution in [0.15, 0.2) is 24.5 Å². The molecule has 4 aliphatic rings. The molecule has 2 saturated heterocycles. The molecule has 5 rings (SSSR count). The van der Waals surface area contributed by atoms with E-state index in [1.807, 2.05) is 17.0 Å². The summed E-state index contributed by atoms with van der Waals surface area (Å²) in [5, 5.41) is 0. The van der Waals surface area contributed by atoms with Crippen molar-refractivity contribution in [3.05, 3.63) is 24.5 Å². The molecule has 0 N–H and O–H groups in total. The molecule has 2 amide bonds. The van der Waals surface area contributed by atoms with E-state index in [-0.39, 0.29) is 17.9 Å². The molecule has 2 aliphatic carbocycles. The first-order valence-electron chi connectivity index (χ1n) is 11.8. The van der Waals surface area contributed by atoms with E-state index in [9.17, 15) is 9.59 Å². The van der Waals surface area contributed by atoms with Crippen LogP contribution in [0.4, 0.5) is 5.69 Å². The summed E-state index contributed by atoms with van der Waals surface area (Å²) in [7, 11) is 0. The van der Waals surface area contributed by atoms with Crippen LogP contribution in [0, 0.1) is 23.7 Å². The second kappa shape index (κ2) is 8.20. The van der Waals surface area contributed by atoms with Crippen molar-refractivity contribution in [3.8, 4) is 0 Å². The summed E-state index contributed by atoms with van der Waals surface area (Å²) in [5.41, 5.74) is 1.14. The average Bonchev–Trinajstić information content (AvgIpc) is 3.70. The molecule has 3 heterocycles. The largest absolute Gasteiger partial charge is 0.371 e. The van der Waals surface area contributed by atoms with Gasteiger partial charge in [-0.2, -0.15) is 0 Å². The summed E-state index contributed by atoms with van der Waals surface area (Å²) in [5.74, 6) is 2.89. The quantitative estimate of drug-likeness (QED) is 0.724. The number of hydrogen-bond donors (Lipinski definition) is 0. The molecule has 6 nitrogen and oxygen atoms in total. The van der Waals surface area contributed by atoms with Crippen molar-refractivity contribution in [1.29, 1.82) is 0 Å². The Labute approximate surface area is 179 Å². The van der Waals surface area contributed by atoms with Gasteiger partial charge in [0.15, 0.2) is 0 Å². The van der Waals surface area contributed by atoms with Gasteiger partial charge in [-0.25, -0.2) is 0 Å². The number of amides is 2. The van der Waals surface area contributed by atoms with Gasteiger partial charge >= 0.3 is 0 Å². The normalized spacial score (nSPS) is 27.1. The molecular weight excluding hydrogens is 376 g/mol. The van der Waals surface area contributed by atoms with E-state index in [1.165, 1.54) is 25.7 Å². The average molecular weight is 411 g/mol. The number of carbonyl (C=O) groups excluding carboxylic acids is 2. The molecule has 30 heavy (non-hydrogen) atoms. The van der Waals surface area contributed by atoms with Crippen LogP contribution in [0.25, 0.3) is 0 Å². The number of nitrogens with zero attached hydrogens (tertiary/aromatic N) is 4. The van der Waals surface area contributed by atoms with E-state index in [0.29, 0.717) is 31.5 Å². The number of carbonyl (C=O) groups is 2. The predicted molar refractivity (Wildman–Crippen MR) is 116 cm³/mol. The van der Waals surface area contributed by atoms with Crippen molar-refractivity contribution in [2.45, 2.75) is 51.5 Å². The molecule has 2 atom stereocenters. The molecule has 4 fully saturated rings. The van der Waals surface area contributed by atoms with E-state index in [0.717, 1.165) is 43.5 Å². The zero-order chi connectivity index (χ0) is 20.7. The van der Waals surface area contributed by atoms with Gasteiger partial charge in [-0.15, -0.1) is 0 Å². The zero-order valence-electron chi connectivity index (χ0n) is 18.1. The van der Waals surface area contributed by atoms with Crippen LogP contribution in [-0.4, -0.2) is 65.4 Å². The number of piperazine rings is 1. The van der Waals surface area contributed by atoms with E-state index < -0.39 is 0 Å². The van der Waals surface area contributed by atoms with Crippen LogP contribution in [0.5, 0.6) is 0 Å². The highest BCUT2D eigenvalue weighted by molar-refractivity contribution is 5.81. The lowest BCUT2D eigenvalue weighted by molar-refractivity contribution is -0.145. The molecule has 2 aliphatic heterocycles. The maximum atomic E-state index is 13.2. The molecular formula is C24H34N4O2. The molecule has 1 aromatic rings. The van der Waals surface area contributed by atoms with Crippen LogP contribution >= 0.6 is 0 Å². The summed E-state index contributed by atoms with van der Waals surface area (Å²) in [6.07, 6.45) is 10.5. The molecule has 162 valence electrons. The molecule has 0 spiro atoms. The van der Waals surface area contributed by atoms with Crippen molar-refractivity contribution < 1.29 is 9.59 Å². The minimum Gasteiger partial charge on any atom is -0.371 e. The lowest BCUT2D eigenvalue weighted by atomic mass is 9.93. The van der Waals surface area contributed by atoms with Gasteiger partial charge in [-0.1, -0.05) is 0 Å². The fourth-order valence-electron chi connectivity index (χ4n) is 5.62. The summed E-state index contributed by atoms with van der Waals surface area (Å²) >= 11 is 0. The summed E-state index contributed by atoms with van der Waals surface area (Å²) in [6.45, 7) is 5.85. The third-order valence-electron chi connectivity index (χ3n) is 7.69. The maximum absolute atomic E-state index is 13.2. The topological polar surface area (TPSA) is 56.8 Å². The highest BCUT2D eigenvalue weighted by atomic mass is 16.2. The van der Waals surface area contributed by atoms with Gasteiger partial charge in [0, 0.05) is 63.3 Å². The van der Waals surface area contributed by atoms with Gasteiger partial charge in [-0.05, 0) is 68.9 Å². The first-order chi connectivity index (χ1) is 14.6. The Morgan fingerprint density at radius 2 is 1.70 bits per heavy atom. The lowest BCUT2D eigenvalue weighted by Crippen LogP contribution is -2.56. The Bertz CT molecular complexity index is 765. The minimum atomic E-state index is 0.0572. The van der Waals surface area contributed by atoms with Crippen LogP contribution in [-0.2, 0) is 9.59 Å². The molecule has 0 radical (unpaired) electrons. The van der Waals surface area contributed by atoms with Crippen LogP contribution < -0.4 is 4.90 Å². The third kappa shape index (κ3) is 4.19. The number of anilines is 1. The first kappa shape index (κ1) is 19.8. The number of hydrogen-bond acceptors (Lipinski definition) is 4. The maximum Gasteiger partial charge on any atom is 0.227 e. The Morgan fingerprint density at radius 1 is 1.00 bits per heavy atom. The second-order valence-electron chi connectivity index (χ2n) is 9.90. The monoisotopic (exact) mass is 410 g/mol. The first-order valence-corrected chi connectivity index (χ1v) is 11.8. The third-order valence-corrected chi connectivity index (χ3v) is 7.69. The van der Waals surface area contributed by atoms with Crippen molar-refractivity contribution in [3.63, 3.8) is 0 Å². The standard InChI is InChI=1S/C24H34N4O2/c1-17-15-27(24(30)20-8-11-26(16-20)21-6-9-25-10-7-21)12-13-28(17)23(29)14-22(18-2-3-18)19-4-5-19/h6-7,9-10,17-20,22H,2-5,8,11-16H2,1H3. The highest BCUT2D eigenvalue weighted by Gasteiger charge is 2.43. The van der Waals surface area contributed by atoms with Crippen molar-refractivity contribution in [1.82, 2.24) is 14.8 Å². The van der Waals surface area contributed by atoms with Gasteiger partial charge in [0.05, 0.1) is 5.92 Å². The Morgan fingerprint density at radius 3 is 2.33 bits per heavy atom. The number of rotatable bonds is 6. The van der Waals surface area contributed by atoms with Crippen molar-refractivity contribution >= 4 is 17.5 Å². The predicted octanol–water partition coefficient (Wildman–Crippen LogP) is 2.79. The number of aromatic nitrogens is 1. The van der Waals surface area contributed by atoms with Gasteiger partial charge in [0.2, 0.25) is 11.8 Å². The molecule has 6 heteroatoms. The molecule has 0 aromatic carbocycles. The number of pyridine rings is 1. The van der Waals surface area contributed by atoms with Gasteiger partial charge in [0.25, 0.3) is 0 Å². The zero-order valence-corrected chi connectivity index (χ0v) is 18.1. The summed E-state index contributed by atoms with van der Waals surface area (Å²) in [4.78, 5) is 36.6. The minimum absolute atomic E-state index is 0.0572. The van der Waals surface area contributed by atoms with Crippen LogP contribution in [0.3, 0.4) is 0 Å². The Balaban J connectivity index is 1.14. The van der Waals surface area contributed by atoms with E-state index in [1.54, 1.807) is 12.4 Å². The fraction of sp³-hybridized carbons (Fsp3) is 0.708. The van der Waals surface area contributed by atoms with Crippen LogP contribution in [0.2, 0.25) is 0 Å². The smallest absolute Gasteiger partial charge is 0.227 e. The summed E-state index contributed by atoms with van der Waals surface area (Å²) in [6, 6.07) is 4.14. The summed E-state index contributed by atoms with van der Waals surface area (Å²) < 4.78 is 0. The van der Waals surface area contributed by atoms with E-state index >= 15 is 0 Å². The van der Waals surface area contributed by atoms with Gasteiger partial charge in [0.1, 0.15) is 0 Å². The Kier molecular flexibility index (Phi) is 5.42. The van der Waals surface area contributed by atoms with E-state index in [2.05, 4.69) is 21.7 Å².